The molecule has 0 saturated heterocycles. The number of fused-ring (bicyclic) bond motifs is 1. The van der Waals surface area contributed by atoms with Gasteiger partial charge < -0.3 is 10.3 Å². The highest BCUT2D eigenvalue weighted by molar-refractivity contribution is 7.98. The summed E-state index contributed by atoms with van der Waals surface area (Å²) in [5.41, 5.74) is 1.13. The number of nitrogens with zero attached hydrogens (tertiary/aromatic N) is 5. The summed E-state index contributed by atoms with van der Waals surface area (Å²) in [7, 11) is 0. The maximum Gasteiger partial charge on any atom is 0.258 e. The number of hydrogen-bond acceptors (Lipinski definition) is 7. The van der Waals surface area contributed by atoms with Crippen LogP contribution in [0, 0.1) is 0 Å². The topological polar surface area (TPSA) is 104 Å². The van der Waals surface area contributed by atoms with Crippen LogP contribution >= 0.6 is 11.8 Å². The Kier molecular flexibility index (Phi) is 3.54. The lowest BCUT2D eigenvalue weighted by molar-refractivity contribution is 0.574. The summed E-state index contributed by atoms with van der Waals surface area (Å²) in [5, 5.41) is 8.59. The molecule has 0 radical (unpaired) electrons. The number of thioether (sulfide) groups is 1. The molecule has 0 aliphatic rings. The molecule has 0 atom stereocenters. The molecule has 0 amide bonds. The molecule has 0 unspecified atom stereocenters. The molecule has 4 aromatic rings. The Morgan fingerprint density at radius 2 is 2.12 bits per heavy atom. The van der Waals surface area contributed by atoms with Crippen LogP contribution in [-0.4, -0.2) is 24.3 Å². The molecular weight excluding hydrogens is 328 g/mol. The average molecular weight is 340 g/mol. The van der Waals surface area contributed by atoms with Crippen LogP contribution in [0.15, 0.2) is 63.2 Å². The first kappa shape index (κ1) is 14.5. The standard InChI is InChI=1S/C15H12N6O2S/c16-21-14(11-4-3-7-23-11)18-19-15(21)24-9-10-8-13(22)20-6-2-1-5-12(20)17-10/h1-8H,9,16H2. The molecule has 9 heteroatoms. The van der Waals surface area contributed by atoms with Crippen molar-refractivity contribution in [1.29, 1.82) is 0 Å². The van der Waals surface area contributed by atoms with Gasteiger partial charge in [-0.05, 0) is 24.3 Å². The first-order chi connectivity index (χ1) is 11.7. The molecule has 24 heavy (non-hydrogen) atoms. The Balaban J connectivity index is 1.59. The molecular formula is C15H12N6O2S. The van der Waals surface area contributed by atoms with E-state index in [1.807, 2.05) is 6.07 Å². The van der Waals surface area contributed by atoms with Crippen molar-refractivity contribution in [3.63, 3.8) is 0 Å². The molecule has 0 aliphatic carbocycles. The van der Waals surface area contributed by atoms with Crippen LogP contribution in [0.3, 0.4) is 0 Å². The lowest BCUT2D eigenvalue weighted by Crippen LogP contribution is -2.15. The molecule has 0 aromatic carbocycles. The molecule has 4 aromatic heterocycles. The molecule has 120 valence electrons. The van der Waals surface area contributed by atoms with Gasteiger partial charge in [-0.2, -0.15) is 0 Å². The van der Waals surface area contributed by atoms with Gasteiger partial charge in [-0.3, -0.25) is 9.20 Å². The monoisotopic (exact) mass is 340 g/mol. The minimum Gasteiger partial charge on any atom is -0.461 e. The van der Waals surface area contributed by atoms with Crippen LogP contribution in [0.4, 0.5) is 0 Å². The van der Waals surface area contributed by atoms with Gasteiger partial charge in [-0.15, -0.1) is 10.2 Å². The number of rotatable bonds is 4. The van der Waals surface area contributed by atoms with E-state index in [0.717, 1.165) is 0 Å². The molecule has 0 bridgehead atoms. The third kappa shape index (κ3) is 2.54. The predicted octanol–water partition coefficient (Wildman–Crippen LogP) is 1.55. The summed E-state index contributed by atoms with van der Waals surface area (Å²) in [6.07, 6.45) is 3.23. The van der Waals surface area contributed by atoms with E-state index in [1.165, 1.54) is 26.9 Å². The van der Waals surface area contributed by atoms with E-state index in [1.54, 1.807) is 36.7 Å². The smallest absolute Gasteiger partial charge is 0.258 e. The van der Waals surface area contributed by atoms with Gasteiger partial charge in [0.15, 0.2) is 5.76 Å². The van der Waals surface area contributed by atoms with Gasteiger partial charge in [0.2, 0.25) is 11.0 Å². The first-order valence-corrected chi connectivity index (χ1v) is 8.05. The van der Waals surface area contributed by atoms with Crippen LogP contribution in [0.5, 0.6) is 0 Å². The molecule has 0 aliphatic heterocycles. The fourth-order valence-electron chi connectivity index (χ4n) is 2.26. The van der Waals surface area contributed by atoms with Crippen molar-refractivity contribution >= 4 is 17.4 Å². The van der Waals surface area contributed by atoms with Crippen molar-refractivity contribution in [3.05, 3.63) is 64.9 Å². The summed E-state index contributed by atoms with van der Waals surface area (Å²) in [4.78, 5) is 16.5. The predicted molar refractivity (Wildman–Crippen MR) is 88.9 cm³/mol. The zero-order valence-corrected chi connectivity index (χ0v) is 13.2. The van der Waals surface area contributed by atoms with Crippen LogP contribution in [0.25, 0.3) is 17.2 Å². The maximum absolute atomic E-state index is 12.1. The minimum atomic E-state index is -0.123. The third-order valence-electron chi connectivity index (χ3n) is 3.38. The Morgan fingerprint density at radius 1 is 1.21 bits per heavy atom. The average Bonchev–Trinajstić information content (AvgIpc) is 3.23. The van der Waals surface area contributed by atoms with Gasteiger partial charge in [-0.1, -0.05) is 17.8 Å². The molecule has 0 fully saturated rings. The van der Waals surface area contributed by atoms with Crippen molar-refractivity contribution < 1.29 is 4.42 Å². The van der Waals surface area contributed by atoms with Crippen molar-refractivity contribution in [2.45, 2.75) is 10.9 Å². The Hall–Kier alpha value is -3.07. The van der Waals surface area contributed by atoms with Crippen molar-refractivity contribution in [1.82, 2.24) is 24.3 Å². The fraction of sp³-hybridized carbons (Fsp3) is 0.0667. The van der Waals surface area contributed by atoms with Gasteiger partial charge in [0.05, 0.1) is 12.0 Å². The lowest BCUT2D eigenvalue weighted by atomic mass is 10.4. The number of hydrogen-bond donors (Lipinski definition) is 1. The van der Waals surface area contributed by atoms with Gasteiger partial charge in [0.25, 0.3) is 5.56 Å². The molecule has 8 nitrogen and oxygen atoms in total. The highest BCUT2D eigenvalue weighted by atomic mass is 32.2. The third-order valence-corrected chi connectivity index (χ3v) is 4.36. The lowest BCUT2D eigenvalue weighted by Gasteiger charge is -2.04. The number of pyridine rings is 1. The second-order valence-electron chi connectivity index (χ2n) is 4.96. The van der Waals surface area contributed by atoms with Crippen molar-refractivity contribution in [3.8, 4) is 11.6 Å². The van der Waals surface area contributed by atoms with Crippen LogP contribution in [0.1, 0.15) is 5.69 Å². The second-order valence-corrected chi connectivity index (χ2v) is 5.90. The summed E-state index contributed by atoms with van der Waals surface area (Å²) < 4.78 is 8.12. The molecule has 2 N–H and O–H groups in total. The molecule has 0 spiro atoms. The maximum atomic E-state index is 12.1. The second kappa shape index (κ2) is 5.85. The van der Waals surface area contributed by atoms with Crippen molar-refractivity contribution in [2.75, 3.05) is 5.84 Å². The van der Waals surface area contributed by atoms with Crippen LogP contribution < -0.4 is 11.4 Å². The number of aromatic nitrogens is 5. The highest BCUT2D eigenvalue weighted by Gasteiger charge is 2.14. The van der Waals surface area contributed by atoms with Crippen LogP contribution in [-0.2, 0) is 5.75 Å². The minimum absolute atomic E-state index is 0.123. The van der Waals surface area contributed by atoms with E-state index in [9.17, 15) is 4.79 Å². The SMILES string of the molecule is Nn1c(SCc2cc(=O)n3ccccc3n2)nnc1-c1ccco1. The molecule has 4 rings (SSSR count). The fourth-order valence-corrected chi connectivity index (χ4v) is 3.01. The molecule has 4 heterocycles. The van der Waals surface area contributed by atoms with E-state index in [0.29, 0.717) is 33.8 Å². The first-order valence-electron chi connectivity index (χ1n) is 7.07. The van der Waals surface area contributed by atoms with Crippen molar-refractivity contribution in [2.24, 2.45) is 0 Å². The largest absolute Gasteiger partial charge is 0.461 e. The van der Waals surface area contributed by atoms with E-state index >= 15 is 0 Å². The summed E-state index contributed by atoms with van der Waals surface area (Å²) in [5.74, 6) is 7.44. The van der Waals surface area contributed by atoms with E-state index < -0.39 is 0 Å². The Morgan fingerprint density at radius 3 is 2.96 bits per heavy atom. The Bertz CT molecular complexity index is 1050. The zero-order valence-electron chi connectivity index (χ0n) is 12.4. The number of nitrogen functional groups attached to an aromatic ring is 1. The van der Waals surface area contributed by atoms with E-state index in [2.05, 4.69) is 15.2 Å². The normalized spacial score (nSPS) is 11.2. The Labute approximate surface area is 139 Å². The number of furan rings is 1. The number of nitrogens with two attached hydrogens (primary N) is 1. The summed E-state index contributed by atoms with van der Waals surface area (Å²) >= 11 is 1.35. The quantitative estimate of drug-likeness (QED) is 0.444. The van der Waals surface area contributed by atoms with Gasteiger partial charge in [0.1, 0.15) is 5.65 Å². The molecule has 0 saturated carbocycles. The summed E-state index contributed by atoms with van der Waals surface area (Å²) in [6, 6.07) is 10.4. The van der Waals surface area contributed by atoms with Gasteiger partial charge >= 0.3 is 0 Å². The van der Waals surface area contributed by atoms with Gasteiger partial charge in [0, 0.05) is 18.0 Å². The zero-order chi connectivity index (χ0) is 16.5. The highest BCUT2D eigenvalue weighted by Crippen LogP contribution is 2.23. The van der Waals surface area contributed by atoms with Crippen LogP contribution in [0.2, 0.25) is 0 Å². The summed E-state index contributed by atoms with van der Waals surface area (Å²) in [6.45, 7) is 0. The van der Waals surface area contributed by atoms with E-state index in [4.69, 9.17) is 10.3 Å². The van der Waals surface area contributed by atoms with E-state index in [-0.39, 0.29) is 5.56 Å². The van der Waals surface area contributed by atoms with Gasteiger partial charge in [-0.25, -0.2) is 9.66 Å².